The van der Waals surface area contributed by atoms with Crippen LogP contribution in [-0.4, -0.2) is 46.6 Å². The van der Waals surface area contributed by atoms with Crippen LogP contribution in [0.2, 0.25) is 0 Å². The zero-order valence-electron chi connectivity index (χ0n) is 29.5. The number of aromatic nitrogens is 3. The van der Waals surface area contributed by atoms with Gasteiger partial charge in [-0.05, 0) is 92.8 Å². The highest BCUT2D eigenvalue weighted by atomic mass is 32.1. The van der Waals surface area contributed by atoms with E-state index in [9.17, 15) is 14.4 Å². The molecule has 0 aliphatic carbocycles. The van der Waals surface area contributed by atoms with Gasteiger partial charge in [-0.1, -0.05) is 55.5 Å². The zero-order chi connectivity index (χ0) is 36.2. The van der Waals surface area contributed by atoms with Crippen LogP contribution >= 0.6 is 11.3 Å². The summed E-state index contributed by atoms with van der Waals surface area (Å²) in [7, 11) is 1.31. The number of rotatable bonds is 11. The van der Waals surface area contributed by atoms with Crippen LogP contribution in [0.4, 0.5) is 0 Å². The molecule has 3 aromatic carbocycles. The Bertz CT molecular complexity index is 2300. The molecule has 2 aromatic heterocycles. The number of fused-ring (bicyclic) bond motifs is 1. The maximum Gasteiger partial charge on any atom is 0.338 e. The van der Waals surface area contributed by atoms with Crippen molar-refractivity contribution < 1.29 is 23.8 Å². The largest absolute Gasteiger partial charge is 0.493 e. The minimum atomic E-state index is -0.827. The van der Waals surface area contributed by atoms with Gasteiger partial charge in [0.25, 0.3) is 5.56 Å². The number of ether oxygens (including phenoxy) is 3. The van der Waals surface area contributed by atoms with Crippen LogP contribution in [0.15, 0.2) is 100 Å². The summed E-state index contributed by atoms with van der Waals surface area (Å²) in [5.41, 5.74) is 5.51. The van der Waals surface area contributed by atoms with Gasteiger partial charge >= 0.3 is 11.9 Å². The number of hydrogen-bond donors (Lipinski definition) is 0. The lowest BCUT2D eigenvalue weighted by molar-refractivity contribution is -0.139. The van der Waals surface area contributed by atoms with Crippen molar-refractivity contribution in [1.82, 2.24) is 14.3 Å². The van der Waals surface area contributed by atoms with Gasteiger partial charge in [0.05, 0.1) is 53.4 Å². The summed E-state index contributed by atoms with van der Waals surface area (Å²) in [6.45, 7) is 10.6. The Kier molecular flexibility index (Phi) is 10.5. The Labute approximate surface area is 300 Å². The number of aryl methyl sites for hydroxylation is 1. The zero-order valence-corrected chi connectivity index (χ0v) is 30.3. The predicted molar refractivity (Wildman–Crippen MR) is 197 cm³/mol. The molecule has 0 radical (unpaired) electrons. The maximum absolute atomic E-state index is 14.4. The summed E-state index contributed by atoms with van der Waals surface area (Å²) in [5.74, 6) is 0.319. The van der Waals surface area contributed by atoms with Crippen LogP contribution in [0.1, 0.15) is 67.2 Å². The number of allylic oxidation sites excluding steroid dienone is 1. The average Bonchev–Trinajstić information content (AvgIpc) is 3.68. The summed E-state index contributed by atoms with van der Waals surface area (Å²) in [4.78, 5) is 45.1. The lowest BCUT2D eigenvalue weighted by Gasteiger charge is -2.24. The van der Waals surface area contributed by atoms with Crippen LogP contribution in [0, 0.1) is 12.8 Å². The van der Waals surface area contributed by atoms with Gasteiger partial charge in [0, 0.05) is 17.3 Å². The molecular weight excluding hydrogens is 665 g/mol. The number of carbonyl (C=O) groups excluding carboxylic acids is 2. The van der Waals surface area contributed by atoms with Crippen LogP contribution in [-0.2, 0) is 14.3 Å². The molecule has 1 aliphatic heterocycles. The van der Waals surface area contributed by atoms with E-state index >= 15 is 0 Å². The SMILES string of the molecule is CCOC(=O)C1=C(C)N=c2sc(=Cc3cn(-c4ccccc4)nc3-c3ccc(OCCC(C)C)c(C)c3)c(=O)n2C1c1ccc(C(=O)OC)cc1. The summed E-state index contributed by atoms with van der Waals surface area (Å²) >= 11 is 1.23. The summed E-state index contributed by atoms with van der Waals surface area (Å²) in [5, 5.41) is 4.98. The van der Waals surface area contributed by atoms with E-state index in [2.05, 4.69) is 13.8 Å². The first-order chi connectivity index (χ1) is 24.6. The molecule has 1 unspecified atom stereocenters. The van der Waals surface area contributed by atoms with E-state index in [1.807, 2.05) is 67.7 Å². The maximum atomic E-state index is 14.4. The number of benzene rings is 3. The van der Waals surface area contributed by atoms with Crippen molar-refractivity contribution in [3.8, 4) is 22.7 Å². The van der Waals surface area contributed by atoms with Gasteiger partial charge in [0.1, 0.15) is 11.4 Å². The third-order valence-corrected chi connectivity index (χ3v) is 9.60. The highest BCUT2D eigenvalue weighted by molar-refractivity contribution is 7.07. The number of hydrogen-bond acceptors (Lipinski definition) is 9. The van der Waals surface area contributed by atoms with Gasteiger partial charge < -0.3 is 14.2 Å². The predicted octanol–water partition coefficient (Wildman–Crippen LogP) is 6.17. The normalized spacial score (nSPS) is 14.3. The molecule has 0 fully saturated rings. The molecule has 0 bridgehead atoms. The van der Waals surface area contributed by atoms with E-state index < -0.39 is 18.0 Å². The van der Waals surface area contributed by atoms with Gasteiger partial charge in [-0.2, -0.15) is 5.10 Å². The molecule has 262 valence electrons. The third kappa shape index (κ3) is 7.34. The standard InChI is InChI=1S/C40H40N4O6S/c1-7-49-39(47)34-26(5)41-40-44(36(34)27-13-15-28(16-14-27)38(46)48-6)37(45)33(51-40)22-30-23-43(31-11-9-8-10-12-31)42-35(30)29-17-18-32(25(4)21-29)50-20-19-24(2)3/h8-18,21-24,36H,7,19-20H2,1-6H3. The molecule has 3 heterocycles. The first-order valence-corrected chi connectivity index (χ1v) is 17.7. The van der Waals surface area contributed by atoms with E-state index in [1.165, 1.54) is 23.0 Å². The lowest BCUT2D eigenvalue weighted by Crippen LogP contribution is -2.40. The molecule has 1 aliphatic rings. The number of nitrogens with zero attached hydrogens (tertiary/aromatic N) is 4. The minimum Gasteiger partial charge on any atom is -0.493 e. The monoisotopic (exact) mass is 704 g/mol. The molecule has 5 aromatic rings. The molecular formula is C40H40N4O6S. The Hall–Kier alpha value is -5.55. The summed E-state index contributed by atoms with van der Waals surface area (Å²) in [6.07, 6.45) is 4.70. The van der Waals surface area contributed by atoms with Crippen molar-refractivity contribution in [3.63, 3.8) is 0 Å². The molecule has 10 nitrogen and oxygen atoms in total. The smallest absolute Gasteiger partial charge is 0.338 e. The molecule has 51 heavy (non-hydrogen) atoms. The van der Waals surface area contributed by atoms with Crippen LogP contribution < -0.4 is 19.6 Å². The third-order valence-electron chi connectivity index (χ3n) is 8.62. The molecule has 0 amide bonds. The van der Waals surface area contributed by atoms with Crippen LogP contribution in [0.3, 0.4) is 0 Å². The summed E-state index contributed by atoms with van der Waals surface area (Å²) in [6, 6.07) is 21.6. The number of esters is 2. The van der Waals surface area contributed by atoms with E-state index in [-0.39, 0.29) is 17.7 Å². The molecule has 11 heteroatoms. The quantitative estimate of drug-likeness (QED) is 0.151. The Morgan fingerprint density at radius 2 is 1.75 bits per heavy atom. The van der Waals surface area contributed by atoms with Gasteiger partial charge in [-0.3, -0.25) is 9.36 Å². The minimum absolute atomic E-state index is 0.159. The van der Waals surface area contributed by atoms with Gasteiger partial charge in [-0.25, -0.2) is 19.3 Å². The highest BCUT2D eigenvalue weighted by Gasteiger charge is 2.33. The Balaban J connectivity index is 1.49. The van der Waals surface area contributed by atoms with Crippen molar-refractivity contribution >= 4 is 29.4 Å². The first kappa shape index (κ1) is 35.3. The van der Waals surface area contributed by atoms with Crippen molar-refractivity contribution in [2.75, 3.05) is 20.3 Å². The van der Waals surface area contributed by atoms with Crippen LogP contribution in [0.25, 0.3) is 23.0 Å². The fraction of sp³-hybridized carbons (Fsp3) is 0.275. The number of carbonyl (C=O) groups is 2. The molecule has 0 saturated carbocycles. The molecule has 0 N–H and O–H groups in total. The molecule has 6 rings (SSSR count). The van der Waals surface area contributed by atoms with Crippen molar-refractivity contribution in [1.29, 1.82) is 0 Å². The van der Waals surface area contributed by atoms with E-state index in [1.54, 1.807) is 42.8 Å². The number of thiazole rings is 1. The van der Waals surface area contributed by atoms with Crippen molar-refractivity contribution in [3.05, 3.63) is 132 Å². The lowest BCUT2D eigenvalue weighted by atomic mass is 9.95. The van der Waals surface area contributed by atoms with Gasteiger partial charge in [0.15, 0.2) is 4.80 Å². The topological polar surface area (TPSA) is 114 Å². The van der Waals surface area contributed by atoms with Crippen molar-refractivity contribution in [2.24, 2.45) is 10.9 Å². The fourth-order valence-electron chi connectivity index (χ4n) is 5.96. The Morgan fingerprint density at radius 1 is 1.00 bits per heavy atom. The molecule has 0 saturated heterocycles. The fourth-order valence-corrected chi connectivity index (χ4v) is 7.00. The Morgan fingerprint density at radius 3 is 2.41 bits per heavy atom. The second-order valence-corrected chi connectivity index (χ2v) is 13.6. The van der Waals surface area contributed by atoms with Crippen LogP contribution in [0.5, 0.6) is 5.75 Å². The number of methoxy groups -OCH3 is 1. The van der Waals surface area contributed by atoms with E-state index in [0.717, 1.165) is 34.5 Å². The molecule has 0 spiro atoms. The van der Waals surface area contributed by atoms with E-state index in [4.69, 9.17) is 24.3 Å². The van der Waals surface area contributed by atoms with E-state index in [0.29, 0.717) is 44.4 Å². The second-order valence-electron chi connectivity index (χ2n) is 12.6. The first-order valence-electron chi connectivity index (χ1n) is 16.9. The van der Waals surface area contributed by atoms with Crippen molar-refractivity contribution in [2.45, 2.75) is 47.1 Å². The number of para-hydroxylation sites is 1. The van der Waals surface area contributed by atoms with Gasteiger partial charge in [0.2, 0.25) is 0 Å². The highest BCUT2D eigenvalue weighted by Crippen LogP contribution is 2.32. The average molecular weight is 705 g/mol. The summed E-state index contributed by atoms with van der Waals surface area (Å²) < 4.78 is 20.1. The second kappa shape index (κ2) is 15.1. The molecule has 1 atom stereocenters. The van der Waals surface area contributed by atoms with Gasteiger partial charge in [-0.15, -0.1) is 0 Å².